The number of anilines is 1. The molecule has 234 valence electrons. The highest BCUT2D eigenvalue weighted by molar-refractivity contribution is 7.88. The van der Waals surface area contributed by atoms with E-state index < -0.39 is 15.8 Å². The van der Waals surface area contributed by atoms with Gasteiger partial charge in [-0.2, -0.15) is 5.10 Å². The Morgan fingerprint density at radius 3 is 2.63 bits per heavy atom. The smallest absolute Gasteiger partial charge is 0.227 e. The minimum Gasteiger partial charge on any atom is -0.353 e. The van der Waals surface area contributed by atoms with Crippen molar-refractivity contribution in [3.63, 3.8) is 0 Å². The molecule has 4 aromatic heterocycles. The van der Waals surface area contributed by atoms with Gasteiger partial charge in [0.15, 0.2) is 0 Å². The molecule has 1 saturated carbocycles. The summed E-state index contributed by atoms with van der Waals surface area (Å²) >= 11 is 0. The fourth-order valence-electron chi connectivity index (χ4n) is 6.19. The first-order valence-electron chi connectivity index (χ1n) is 15.2. The van der Waals surface area contributed by atoms with Crippen LogP contribution >= 0.6 is 0 Å². The highest BCUT2D eigenvalue weighted by Crippen LogP contribution is 2.35. The fraction of sp³-hybridized carbons (Fsp3) is 0.235. The Balaban J connectivity index is 1.21. The van der Waals surface area contributed by atoms with Crippen LogP contribution in [0.4, 0.5) is 10.1 Å². The molecule has 1 amide bonds. The molecule has 1 aliphatic carbocycles. The Hall–Kier alpha value is -4.94. The van der Waals surface area contributed by atoms with Gasteiger partial charge < -0.3 is 10.3 Å². The Bertz CT molecular complexity index is 2200. The number of pyridine rings is 2. The van der Waals surface area contributed by atoms with E-state index in [1.165, 1.54) is 18.6 Å². The molecule has 0 saturated heterocycles. The maximum atomic E-state index is 14.7. The van der Waals surface area contributed by atoms with Crippen LogP contribution in [-0.2, 0) is 21.4 Å². The fourth-order valence-corrected chi connectivity index (χ4v) is 6.62. The quantitative estimate of drug-likeness (QED) is 0.149. The summed E-state index contributed by atoms with van der Waals surface area (Å²) in [7, 11) is -3.43. The molecule has 46 heavy (non-hydrogen) atoms. The Kier molecular flexibility index (Phi) is 7.83. The van der Waals surface area contributed by atoms with Crippen molar-refractivity contribution in [3.8, 4) is 33.8 Å². The van der Waals surface area contributed by atoms with Gasteiger partial charge in [0.2, 0.25) is 15.9 Å². The number of fused-ring (bicyclic) bond motifs is 2. The molecule has 0 bridgehead atoms. The molecule has 4 heterocycles. The number of aromatic nitrogens is 5. The third-order valence-corrected chi connectivity index (χ3v) is 9.12. The van der Waals surface area contributed by atoms with Gasteiger partial charge in [-0.05, 0) is 72.0 Å². The molecule has 0 spiro atoms. The van der Waals surface area contributed by atoms with Crippen molar-refractivity contribution in [2.45, 2.75) is 38.6 Å². The van der Waals surface area contributed by atoms with Crippen molar-refractivity contribution in [2.24, 2.45) is 5.92 Å². The lowest BCUT2D eigenvalue weighted by atomic mass is 9.88. The summed E-state index contributed by atoms with van der Waals surface area (Å²) in [4.78, 5) is 25.3. The summed E-state index contributed by atoms with van der Waals surface area (Å²) in [6.07, 6.45) is 11.4. The number of hydrogen-bond acceptors (Lipinski definition) is 6. The van der Waals surface area contributed by atoms with E-state index in [9.17, 15) is 17.6 Å². The number of sulfonamides is 1. The van der Waals surface area contributed by atoms with Crippen molar-refractivity contribution < 1.29 is 17.6 Å². The molecular formula is C34H32FN7O3S. The Labute approximate surface area is 264 Å². The second-order valence-corrected chi connectivity index (χ2v) is 13.7. The third-order valence-electron chi connectivity index (χ3n) is 8.45. The first-order chi connectivity index (χ1) is 22.2. The summed E-state index contributed by atoms with van der Waals surface area (Å²) < 4.78 is 40.3. The van der Waals surface area contributed by atoms with Gasteiger partial charge in [0, 0.05) is 40.5 Å². The Morgan fingerprint density at radius 2 is 1.80 bits per heavy atom. The molecule has 0 unspecified atom stereocenters. The van der Waals surface area contributed by atoms with Crippen molar-refractivity contribution in [3.05, 3.63) is 84.6 Å². The van der Waals surface area contributed by atoms with Gasteiger partial charge in [-0.15, -0.1) is 0 Å². The number of aromatic amines is 2. The molecule has 1 fully saturated rings. The molecule has 0 aliphatic heterocycles. The first-order valence-corrected chi connectivity index (χ1v) is 17.1. The first kappa shape index (κ1) is 29.8. The van der Waals surface area contributed by atoms with Gasteiger partial charge in [-0.3, -0.25) is 19.9 Å². The lowest BCUT2D eigenvalue weighted by Gasteiger charge is -2.20. The number of halogens is 1. The molecule has 10 nitrogen and oxygen atoms in total. The van der Waals surface area contributed by atoms with E-state index >= 15 is 0 Å². The van der Waals surface area contributed by atoms with Gasteiger partial charge in [0.25, 0.3) is 0 Å². The normalized spacial score (nSPS) is 14.2. The van der Waals surface area contributed by atoms with E-state index in [1.54, 1.807) is 24.7 Å². The van der Waals surface area contributed by atoms with E-state index in [0.29, 0.717) is 28.2 Å². The molecule has 4 N–H and O–H groups in total. The van der Waals surface area contributed by atoms with Crippen LogP contribution in [0.2, 0.25) is 0 Å². The van der Waals surface area contributed by atoms with Crippen molar-refractivity contribution in [2.75, 3.05) is 11.6 Å². The summed E-state index contributed by atoms with van der Waals surface area (Å²) in [5.41, 5.74) is 7.05. The number of rotatable bonds is 8. The number of carbonyl (C=O) groups excluding carboxylic acids is 1. The summed E-state index contributed by atoms with van der Waals surface area (Å²) in [6.45, 7) is -0.0150. The molecule has 7 rings (SSSR count). The molecule has 0 radical (unpaired) electrons. The van der Waals surface area contributed by atoms with Gasteiger partial charge in [0.1, 0.15) is 11.5 Å². The van der Waals surface area contributed by atoms with Crippen LogP contribution in [0.15, 0.2) is 73.2 Å². The second kappa shape index (κ2) is 12.1. The third kappa shape index (κ3) is 6.26. The van der Waals surface area contributed by atoms with Crippen LogP contribution in [-0.4, -0.2) is 45.7 Å². The SMILES string of the molecule is CS(=O)(=O)NCc1cc(F)cc(-c2cccc3[nH]c(-c4n[nH]c5cnc(-c6cncc(NC(=O)C7CCCCC7)c6)cc45)cc23)c1. The molecule has 6 aromatic rings. The van der Waals surface area contributed by atoms with Crippen LogP contribution in [0.1, 0.15) is 37.7 Å². The van der Waals surface area contributed by atoms with E-state index in [2.05, 4.69) is 35.2 Å². The topological polar surface area (TPSA) is 146 Å². The molecule has 2 aromatic carbocycles. The van der Waals surface area contributed by atoms with Crippen LogP contribution < -0.4 is 10.0 Å². The zero-order valence-electron chi connectivity index (χ0n) is 25.1. The van der Waals surface area contributed by atoms with Crippen molar-refractivity contribution in [1.82, 2.24) is 29.9 Å². The number of nitrogens with one attached hydrogen (secondary N) is 4. The van der Waals surface area contributed by atoms with E-state index in [4.69, 9.17) is 0 Å². The molecule has 12 heteroatoms. The van der Waals surface area contributed by atoms with Crippen LogP contribution in [0.25, 0.3) is 55.6 Å². The van der Waals surface area contributed by atoms with Crippen molar-refractivity contribution >= 4 is 43.4 Å². The number of H-pyrrole nitrogens is 2. The molecule has 1 aliphatic rings. The minimum atomic E-state index is -3.43. The van der Waals surface area contributed by atoms with Crippen molar-refractivity contribution in [1.29, 1.82) is 0 Å². The average molecular weight is 638 g/mol. The van der Waals surface area contributed by atoms with Crippen LogP contribution in [0.5, 0.6) is 0 Å². The van der Waals surface area contributed by atoms with Crippen LogP contribution in [0.3, 0.4) is 0 Å². The highest BCUT2D eigenvalue weighted by Gasteiger charge is 2.21. The van der Waals surface area contributed by atoms with E-state index in [0.717, 1.165) is 70.6 Å². The predicted molar refractivity (Wildman–Crippen MR) is 177 cm³/mol. The summed E-state index contributed by atoms with van der Waals surface area (Å²) in [6, 6.07) is 16.1. The van der Waals surface area contributed by atoms with E-state index in [-0.39, 0.29) is 18.4 Å². The maximum Gasteiger partial charge on any atom is 0.227 e. The summed E-state index contributed by atoms with van der Waals surface area (Å²) in [5, 5.41) is 12.4. The average Bonchev–Trinajstić information content (AvgIpc) is 3.68. The monoisotopic (exact) mass is 637 g/mol. The maximum absolute atomic E-state index is 14.7. The molecular weight excluding hydrogens is 605 g/mol. The van der Waals surface area contributed by atoms with E-state index in [1.807, 2.05) is 36.4 Å². The zero-order chi connectivity index (χ0) is 31.8. The summed E-state index contributed by atoms with van der Waals surface area (Å²) in [5.74, 6) is -0.379. The largest absolute Gasteiger partial charge is 0.353 e. The minimum absolute atomic E-state index is 0.0150. The number of amides is 1. The predicted octanol–water partition coefficient (Wildman–Crippen LogP) is 6.54. The van der Waals surface area contributed by atoms with Gasteiger partial charge in [0.05, 0.1) is 41.2 Å². The van der Waals surface area contributed by atoms with Gasteiger partial charge in [-0.25, -0.2) is 17.5 Å². The number of carbonyl (C=O) groups is 1. The second-order valence-electron chi connectivity index (χ2n) is 11.9. The standard InChI is InChI=1S/C34H32FN7O3S/c1-46(44,45)38-16-20-10-22(12-24(35)11-20)26-8-5-9-29-27(26)14-31(40-29)33-28-15-30(37-19-32(28)41-42-33)23-13-25(18-36-17-23)39-34(43)21-6-3-2-4-7-21/h5,8-15,17-19,21,38,40H,2-4,6-7,16H2,1H3,(H,39,43)(H,41,42). The number of nitrogens with zero attached hydrogens (tertiary/aromatic N) is 3. The van der Waals surface area contributed by atoms with Crippen LogP contribution in [0, 0.1) is 11.7 Å². The lowest BCUT2D eigenvalue weighted by molar-refractivity contribution is -0.120. The zero-order valence-corrected chi connectivity index (χ0v) is 25.9. The number of hydrogen-bond donors (Lipinski definition) is 4. The lowest BCUT2D eigenvalue weighted by Crippen LogP contribution is -2.24. The number of benzene rings is 2. The van der Waals surface area contributed by atoms with Gasteiger partial charge >= 0.3 is 0 Å². The highest BCUT2D eigenvalue weighted by atomic mass is 32.2. The Morgan fingerprint density at radius 1 is 0.957 bits per heavy atom. The van der Waals surface area contributed by atoms with Gasteiger partial charge in [-0.1, -0.05) is 31.4 Å². The molecule has 0 atom stereocenters.